The fourth-order valence-corrected chi connectivity index (χ4v) is 7.63. The van der Waals surface area contributed by atoms with Crippen molar-refractivity contribution in [1.82, 2.24) is 9.55 Å². The van der Waals surface area contributed by atoms with Gasteiger partial charge in [-0.15, -0.1) is 0 Å². The number of hydrogen-bond donors (Lipinski definition) is 5. The molecule has 6 atom stereocenters. The van der Waals surface area contributed by atoms with Crippen molar-refractivity contribution in [3.63, 3.8) is 0 Å². The minimum Gasteiger partial charge on any atom is -0.475 e. The van der Waals surface area contributed by atoms with Gasteiger partial charge in [0.05, 0.1) is 19.9 Å². The van der Waals surface area contributed by atoms with Gasteiger partial charge in [0.25, 0.3) is 5.56 Å². The average Bonchev–Trinajstić information content (AvgIpc) is 2.97. The number of carbonyl (C=O) groups excluding carboxylic acids is 1. The fourth-order valence-electron chi connectivity index (χ4n) is 2.69. The monoisotopic (exact) mass is 554 g/mol. The third-order valence-electron chi connectivity index (χ3n) is 4.13. The van der Waals surface area contributed by atoms with Crippen LogP contribution in [0.2, 0.25) is 0 Å². The molecule has 0 radical (unpaired) electrons. The molecule has 1 aromatic rings. The van der Waals surface area contributed by atoms with Crippen molar-refractivity contribution in [3.8, 4) is 5.75 Å². The van der Waals surface area contributed by atoms with E-state index in [-0.39, 0.29) is 0 Å². The quantitative estimate of drug-likeness (QED) is 0.182. The molecule has 2 fully saturated rings. The van der Waals surface area contributed by atoms with Crippen LogP contribution in [0.4, 0.5) is 0 Å². The number of aromatic amines is 1. The molecule has 2 aliphatic rings. The maximum Gasteiger partial charge on any atom is 0.492 e. The summed E-state index contributed by atoms with van der Waals surface area (Å²) in [7, 11) is -14.8. The van der Waals surface area contributed by atoms with Crippen molar-refractivity contribution < 1.29 is 70.2 Å². The summed E-state index contributed by atoms with van der Waals surface area (Å²) in [6.45, 7) is -1.72. The van der Waals surface area contributed by atoms with Crippen LogP contribution in [0.1, 0.15) is 6.23 Å². The first-order valence-electron chi connectivity index (χ1n) is 8.76. The van der Waals surface area contributed by atoms with Crippen molar-refractivity contribution in [2.24, 2.45) is 0 Å². The molecule has 2 aliphatic heterocycles. The second-order valence-corrected chi connectivity index (χ2v) is 11.5. The first kappa shape index (κ1) is 26.9. The van der Waals surface area contributed by atoms with E-state index in [0.717, 1.165) is 13.3 Å². The number of H-pyrrole nitrogens is 1. The molecule has 3 rings (SSSR count). The van der Waals surface area contributed by atoms with Gasteiger partial charge in [-0.05, 0) is 0 Å². The highest BCUT2D eigenvalue weighted by Crippen LogP contribution is 2.80. The molecule has 192 valence electrons. The number of aromatic nitrogens is 2. The Hall–Kier alpha value is -1.72. The van der Waals surface area contributed by atoms with Gasteiger partial charge in [-0.3, -0.25) is 18.9 Å². The SMILES string of the molecule is COC(=O)COc1cn(C2OC(COP3(=O)OP(=O)(O)OP(=O)(O)O3)C(O)C2O)c(=O)[nH]c1=O. The Labute approximate surface area is 187 Å². The summed E-state index contributed by atoms with van der Waals surface area (Å²) in [6, 6.07) is 0. The second kappa shape index (κ2) is 9.73. The van der Waals surface area contributed by atoms with Gasteiger partial charge in [0.1, 0.15) is 18.3 Å². The van der Waals surface area contributed by atoms with E-state index in [2.05, 4.69) is 22.2 Å². The maximum atomic E-state index is 12.3. The minimum atomic E-state index is -5.32. The molecule has 0 aromatic carbocycles. The highest BCUT2D eigenvalue weighted by molar-refractivity contribution is 7.74. The molecule has 0 bridgehead atoms. The van der Waals surface area contributed by atoms with Gasteiger partial charge >= 0.3 is 35.1 Å². The summed E-state index contributed by atoms with van der Waals surface area (Å²) in [6.07, 6.45) is -6.26. The summed E-state index contributed by atoms with van der Waals surface area (Å²) < 4.78 is 66.8. The third kappa shape index (κ3) is 6.09. The number of nitrogens with one attached hydrogen (secondary N) is 1. The molecule has 6 unspecified atom stereocenters. The Balaban J connectivity index is 1.76. The van der Waals surface area contributed by atoms with Crippen molar-refractivity contribution in [3.05, 3.63) is 27.0 Å². The van der Waals surface area contributed by atoms with Gasteiger partial charge in [-0.1, -0.05) is 0 Å². The lowest BCUT2D eigenvalue weighted by molar-refractivity contribution is -0.143. The summed E-state index contributed by atoms with van der Waals surface area (Å²) in [5.74, 6) is -1.41. The molecule has 0 saturated carbocycles. The molecule has 22 heteroatoms. The summed E-state index contributed by atoms with van der Waals surface area (Å²) >= 11 is 0. The number of aliphatic hydroxyl groups is 2. The Kier molecular flexibility index (Phi) is 7.69. The minimum absolute atomic E-state index is 0.555. The molecule has 5 N–H and O–H groups in total. The Bertz CT molecular complexity index is 1180. The van der Waals surface area contributed by atoms with Crippen LogP contribution in [0.15, 0.2) is 15.8 Å². The number of ether oxygens (including phenoxy) is 3. The number of phosphoric acid groups is 3. The molecule has 3 heterocycles. The first-order valence-corrected chi connectivity index (χ1v) is 13.2. The van der Waals surface area contributed by atoms with Crippen LogP contribution in [0.3, 0.4) is 0 Å². The summed E-state index contributed by atoms with van der Waals surface area (Å²) in [5, 5.41) is 20.5. The summed E-state index contributed by atoms with van der Waals surface area (Å²) in [5.41, 5.74) is -2.16. The molecule has 0 aliphatic carbocycles. The standard InChI is InChI=1S/C12H17N2O17P3/c1-25-7(15)4-26-5-2-14(12(19)13-10(5)18)11-9(17)8(16)6(28-11)3-27-34(24)30-32(20,21)29-33(22,23)31-34/h2,6,8-9,11,16-17H,3-4H2,1H3,(H,20,21)(H,22,23)(H,13,18,19). The van der Waals surface area contributed by atoms with Crippen LogP contribution in [-0.2, 0) is 45.4 Å². The number of aliphatic hydroxyl groups excluding tert-OH is 2. The van der Waals surface area contributed by atoms with E-state index < -0.39 is 84.2 Å². The van der Waals surface area contributed by atoms with Gasteiger partial charge in [0, 0.05) is 0 Å². The lowest BCUT2D eigenvalue weighted by Crippen LogP contribution is -2.38. The smallest absolute Gasteiger partial charge is 0.475 e. The van der Waals surface area contributed by atoms with Crippen molar-refractivity contribution >= 4 is 29.4 Å². The third-order valence-corrected chi connectivity index (χ3v) is 9.50. The molecule has 19 nitrogen and oxygen atoms in total. The zero-order chi connectivity index (χ0) is 25.5. The second-order valence-electron chi connectivity index (χ2n) is 6.50. The van der Waals surface area contributed by atoms with Crippen LogP contribution >= 0.6 is 23.5 Å². The topological polar surface area (TPSA) is 269 Å². The van der Waals surface area contributed by atoms with Crippen LogP contribution in [0, 0.1) is 0 Å². The zero-order valence-corrected chi connectivity index (χ0v) is 19.4. The number of esters is 1. The van der Waals surface area contributed by atoms with Gasteiger partial charge in [-0.2, -0.15) is 12.9 Å². The summed E-state index contributed by atoms with van der Waals surface area (Å²) in [4.78, 5) is 55.5. The Morgan fingerprint density at radius 1 is 1.12 bits per heavy atom. The first-order chi connectivity index (χ1) is 15.7. The van der Waals surface area contributed by atoms with Gasteiger partial charge < -0.3 is 34.2 Å². The Morgan fingerprint density at radius 2 is 1.74 bits per heavy atom. The number of methoxy groups -OCH3 is 1. The fraction of sp³-hybridized carbons (Fsp3) is 0.583. The highest BCUT2D eigenvalue weighted by atomic mass is 31.3. The van der Waals surface area contributed by atoms with Crippen molar-refractivity contribution in [2.45, 2.75) is 24.5 Å². The lowest BCUT2D eigenvalue weighted by Gasteiger charge is -2.27. The Morgan fingerprint density at radius 3 is 2.32 bits per heavy atom. The average molecular weight is 554 g/mol. The van der Waals surface area contributed by atoms with Crippen LogP contribution in [0.25, 0.3) is 0 Å². The normalized spacial score (nSPS) is 37.9. The van der Waals surface area contributed by atoms with Crippen molar-refractivity contribution in [1.29, 1.82) is 0 Å². The number of nitrogens with zero attached hydrogens (tertiary/aromatic N) is 1. The van der Waals surface area contributed by atoms with Gasteiger partial charge in [0.2, 0.25) is 5.75 Å². The maximum absolute atomic E-state index is 12.3. The number of hydrogen-bond acceptors (Lipinski definition) is 15. The van der Waals surface area contributed by atoms with Crippen molar-refractivity contribution in [2.75, 3.05) is 20.3 Å². The lowest BCUT2D eigenvalue weighted by atomic mass is 10.1. The van der Waals surface area contributed by atoms with E-state index >= 15 is 0 Å². The van der Waals surface area contributed by atoms with E-state index in [0.29, 0.717) is 4.57 Å². The molecule has 1 aromatic heterocycles. The predicted molar refractivity (Wildman–Crippen MR) is 101 cm³/mol. The van der Waals surface area contributed by atoms with E-state index in [4.69, 9.17) is 9.47 Å². The molecule has 34 heavy (non-hydrogen) atoms. The number of rotatable bonds is 7. The molecular formula is C12H17N2O17P3. The highest BCUT2D eigenvalue weighted by Gasteiger charge is 2.55. The van der Waals surface area contributed by atoms with Gasteiger partial charge in [-0.25, -0.2) is 23.3 Å². The predicted octanol–water partition coefficient (Wildman–Crippen LogP) is -1.90. The van der Waals surface area contributed by atoms with E-state index in [1.807, 2.05) is 4.98 Å². The van der Waals surface area contributed by atoms with Gasteiger partial charge in [0.15, 0.2) is 12.8 Å². The van der Waals surface area contributed by atoms with Crippen LogP contribution < -0.4 is 16.0 Å². The molecule has 2 saturated heterocycles. The number of carbonyl (C=O) groups is 1. The van der Waals surface area contributed by atoms with E-state index in [1.54, 1.807) is 0 Å². The molecule has 0 amide bonds. The molecule has 0 spiro atoms. The zero-order valence-electron chi connectivity index (χ0n) is 16.7. The van der Waals surface area contributed by atoms with E-state index in [1.165, 1.54) is 0 Å². The largest absolute Gasteiger partial charge is 0.492 e. The van der Waals surface area contributed by atoms with Crippen LogP contribution in [-0.4, -0.2) is 74.2 Å². The van der Waals surface area contributed by atoms with E-state index in [9.17, 15) is 48.1 Å². The molecular weight excluding hydrogens is 537 g/mol. The van der Waals surface area contributed by atoms with Crippen LogP contribution in [0.5, 0.6) is 5.75 Å².